The lowest BCUT2D eigenvalue weighted by Gasteiger charge is -2.26. The number of hydrogen-bond donors (Lipinski definition) is 1. The van der Waals surface area contributed by atoms with Crippen LogP contribution in [0.25, 0.3) is 0 Å². The van der Waals surface area contributed by atoms with E-state index < -0.39 is 5.97 Å². The number of nitrogens with zero attached hydrogens (tertiary/aromatic N) is 1. The second-order valence-electron chi connectivity index (χ2n) is 5.48. The van der Waals surface area contributed by atoms with Crippen LogP contribution in [0.2, 0.25) is 0 Å². The monoisotopic (exact) mass is 351 g/mol. The van der Waals surface area contributed by atoms with Crippen molar-refractivity contribution in [3.8, 4) is 0 Å². The van der Waals surface area contributed by atoms with Crippen LogP contribution in [0.4, 0.5) is 0 Å². The van der Waals surface area contributed by atoms with Crippen molar-refractivity contribution >= 4 is 35.0 Å². The van der Waals surface area contributed by atoms with E-state index in [1.165, 1.54) is 10.9 Å². The van der Waals surface area contributed by atoms with Crippen LogP contribution in [0.3, 0.4) is 0 Å². The lowest BCUT2D eigenvalue weighted by molar-refractivity contribution is -0.130. The number of fused-ring (bicyclic) bond motifs is 1. The number of carbonyl (C=O) groups excluding carboxylic acids is 1. The molecule has 0 radical (unpaired) electrons. The van der Waals surface area contributed by atoms with Crippen LogP contribution in [-0.2, 0) is 17.8 Å². The van der Waals surface area contributed by atoms with Crippen LogP contribution >= 0.6 is 23.1 Å². The smallest absolute Gasteiger partial charge is 0.339 e. The fourth-order valence-corrected chi connectivity index (χ4v) is 5.10. The SMILES string of the molecule is Cc1oc(CN(C)C(=O)[C@H]2SCCc3sccc32)cc1C(=O)O. The van der Waals surface area contributed by atoms with Crippen LogP contribution < -0.4 is 0 Å². The number of thioether (sulfide) groups is 1. The number of amides is 1. The van der Waals surface area contributed by atoms with Crippen molar-refractivity contribution in [3.63, 3.8) is 0 Å². The molecule has 0 fully saturated rings. The number of furan rings is 1. The number of carbonyl (C=O) groups is 2. The molecule has 1 atom stereocenters. The molecule has 0 bridgehead atoms. The molecule has 3 rings (SSSR count). The standard InChI is InChI=1S/C16H17NO4S2/c1-9-12(16(19)20)7-10(21-9)8-17(2)15(18)14-11-3-5-22-13(11)4-6-23-14/h3,5,7,14H,4,6,8H2,1-2H3,(H,19,20)/t14-/m0/s1. The maximum Gasteiger partial charge on any atom is 0.339 e. The minimum Gasteiger partial charge on any atom is -0.478 e. The molecule has 23 heavy (non-hydrogen) atoms. The van der Waals surface area contributed by atoms with Crippen molar-refractivity contribution in [1.82, 2.24) is 4.90 Å². The number of aryl methyl sites for hydroxylation is 2. The number of carboxylic acids is 1. The third kappa shape index (κ3) is 3.16. The first kappa shape index (κ1) is 16.1. The highest BCUT2D eigenvalue weighted by Gasteiger charge is 2.30. The summed E-state index contributed by atoms with van der Waals surface area (Å²) in [6, 6.07) is 3.52. The predicted octanol–water partition coefficient (Wildman–Crippen LogP) is 3.34. The Balaban J connectivity index is 1.74. The Morgan fingerprint density at radius 2 is 2.26 bits per heavy atom. The Morgan fingerprint density at radius 1 is 1.48 bits per heavy atom. The van der Waals surface area contributed by atoms with Crippen LogP contribution in [0.1, 0.15) is 37.6 Å². The largest absolute Gasteiger partial charge is 0.478 e. The molecule has 3 heterocycles. The predicted molar refractivity (Wildman–Crippen MR) is 90.1 cm³/mol. The van der Waals surface area contributed by atoms with Gasteiger partial charge in [-0.05, 0) is 42.2 Å². The third-order valence-electron chi connectivity index (χ3n) is 3.87. The highest BCUT2D eigenvalue weighted by atomic mass is 32.2. The number of hydrogen-bond acceptors (Lipinski definition) is 5. The van der Waals surface area contributed by atoms with E-state index in [2.05, 4.69) is 0 Å². The molecule has 122 valence electrons. The van der Waals surface area contributed by atoms with E-state index in [0.717, 1.165) is 17.7 Å². The molecular weight excluding hydrogens is 334 g/mol. The Kier molecular flexibility index (Phi) is 4.50. The van der Waals surface area contributed by atoms with Gasteiger partial charge in [0, 0.05) is 11.9 Å². The highest BCUT2D eigenvalue weighted by molar-refractivity contribution is 8.00. The maximum absolute atomic E-state index is 12.7. The fourth-order valence-electron chi connectivity index (χ4n) is 2.70. The molecule has 1 aliphatic heterocycles. The minimum absolute atomic E-state index is 0.0280. The zero-order chi connectivity index (χ0) is 16.6. The zero-order valence-corrected chi connectivity index (χ0v) is 14.5. The van der Waals surface area contributed by atoms with Gasteiger partial charge < -0.3 is 14.4 Å². The van der Waals surface area contributed by atoms with E-state index in [1.807, 2.05) is 11.4 Å². The molecule has 0 aliphatic carbocycles. The fraction of sp³-hybridized carbons (Fsp3) is 0.375. The number of likely N-dealkylation sites (N-methyl/N-ethyl adjacent to an activating group) is 1. The lowest BCUT2D eigenvalue weighted by Crippen LogP contribution is -2.31. The second kappa shape index (κ2) is 6.41. The molecule has 7 heteroatoms. The van der Waals surface area contributed by atoms with Crippen LogP contribution in [0, 0.1) is 6.92 Å². The summed E-state index contributed by atoms with van der Waals surface area (Å²) in [5.74, 6) is 0.806. The Hall–Kier alpha value is -1.73. The van der Waals surface area contributed by atoms with E-state index in [1.54, 1.807) is 42.0 Å². The first-order valence-electron chi connectivity index (χ1n) is 7.23. The lowest BCUT2D eigenvalue weighted by atomic mass is 10.1. The van der Waals surface area contributed by atoms with E-state index >= 15 is 0 Å². The van der Waals surface area contributed by atoms with Crippen molar-refractivity contribution in [2.24, 2.45) is 0 Å². The van der Waals surface area contributed by atoms with Gasteiger partial charge in [-0.3, -0.25) is 4.79 Å². The summed E-state index contributed by atoms with van der Waals surface area (Å²) in [6.45, 7) is 1.88. The highest BCUT2D eigenvalue weighted by Crippen LogP contribution is 2.40. The molecule has 2 aromatic rings. The number of thiophene rings is 1. The van der Waals surface area contributed by atoms with Crippen LogP contribution in [-0.4, -0.2) is 34.7 Å². The van der Waals surface area contributed by atoms with E-state index in [0.29, 0.717) is 11.5 Å². The second-order valence-corrected chi connectivity index (χ2v) is 7.70. The Bertz CT molecular complexity index is 749. The Morgan fingerprint density at radius 3 is 2.96 bits per heavy atom. The van der Waals surface area contributed by atoms with E-state index in [-0.39, 0.29) is 23.3 Å². The van der Waals surface area contributed by atoms with E-state index in [9.17, 15) is 9.59 Å². The molecule has 0 unspecified atom stereocenters. The molecule has 0 saturated carbocycles. The number of rotatable bonds is 4. The van der Waals surface area contributed by atoms with Gasteiger partial charge in [-0.25, -0.2) is 4.79 Å². The average Bonchev–Trinajstić information content (AvgIpc) is 3.12. The molecule has 0 aromatic carbocycles. The maximum atomic E-state index is 12.7. The molecule has 1 amide bonds. The van der Waals surface area contributed by atoms with Crippen molar-refractivity contribution in [2.75, 3.05) is 12.8 Å². The van der Waals surface area contributed by atoms with Gasteiger partial charge >= 0.3 is 5.97 Å². The summed E-state index contributed by atoms with van der Waals surface area (Å²) in [6.07, 6.45) is 1.02. The van der Waals surface area contributed by atoms with Gasteiger partial charge in [0.1, 0.15) is 22.3 Å². The molecule has 0 saturated heterocycles. The summed E-state index contributed by atoms with van der Waals surface area (Å²) in [5, 5.41) is 10.9. The molecule has 1 N–H and O–H groups in total. The topological polar surface area (TPSA) is 70.8 Å². The minimum atomic E-state index is -1.02. The normalized spacial score (nSPS) is 16.9. The van der Waals surface area contributed by atoms with Gasteiger partial charge in [-0.1, -0.05) is 0 Å². The van der Waals surface area contributed by atoms with Crippen LogP contribution in [0.5, 0.6) is 0 Å². The van der Waals surface area contributed by atoms with Gasteiger partial charge in [-0.15, -0.1) is 23.1 Å². The van der Waals surface area contributed by atoms with Crippen molar-refractivity contribution in [3.05, 3.63) is 45.0 Å². The van der Waals surface area contributed by atoms with Gasteiger partial charge in [0.25, 0.3) is 0 Å². The Labute approximate surface area is 142 Å². The number of aromatic carboxylic acids is 1. The number of carboxylic acid groups (broad SMARTS) is 1. The first-order valence-corrected chi connectivity index (χ1v) is 9.15. The molecule has 2 aromatic heterocycles. The first-order chi connectivity index (χ1) is 11.0. The summed E-state index contributed by atoms with van der Waals surface area (Å²) in [7, 11) is 1.72. The van der Waals surface area contributed by atoms with Crippen molar-refractivity contribution < 1.29 is 19.1 Å². The van der Waals surface area contributed by atoms with Crippen molar-refractivity contribution in [1.29, 1.82) is 0 Å². The van der Waals surface area contributed by atoms with Gasteiger partial charge in [0.05, 0.1) is 6.54 Å². The van der Waals surface area contributed by atoms with Crippen LogP contribution in [0.15, 0.2) is 21.9 Å². The third-order valence-corrected chi connectivity index (χ3v) is 6.09. The molecule has 0 spiro atoms. The molecule has 1 aliphatic rings. The van der Waals surface area contributed by atoms with E-state index in [4.69, 9.17) is 9.52 Å². The molecule has 5 nitrogen and oxygen atoms in total. The summed E-state index contributed by atoms with van der Waals surface area (Å²) < 4.78 is 5.46. The van der Waals surface area contributed by atoms with Gasteiger partial charge in [-0.2, -0.15) is 0 Å². The summed E-state index contributed by atoms with van der Waals surface area (Å²) in [5.41, 5.74) is 1.26. The zero-order valence-electron chi connectivity index (χ0n) is 12.9. The quantitative estimate of drug-likeness (QED) is 0.915. The summed E-state index contributed by atoms with van der Waals surface area (Å²) >= 11 is 3.36. The average molecular weight is 351 g/mol. The summed E-state index contributed by atoms with van der Waals surface area (Å²) in [4.78, 5) is 26.7. The van der Waals surface area contributed by atoms with Gasteiger partial charge in [0.15, 0.2) is 0 Å². The molecular formula is C16H17NO4S2. The van der Waals surface area contributed by atoms with Gasteiger partial charge in [0.2, 0.25) is 5.91 Å². The van der Waals surface area contributed by atoms with Crippen molar-refractivity contribution in [2.45, 2.75) is 25.1 Å².